The maximum absolute atomic E-state index is 12.7. The zero-order chi connectivity index (χ0) is 18.7. The maximum atomic E-state index is 12.7. The van der Waals surface area contributed by atoms with Crippen molar-refractivity contribution in [3.05, 3.63) is 35.2 Å². The number of benzene rings is 1. The van der Waals surface area contributed by atoms with Crippen molar-refractivity contribution in [1.29, 1.82) is 0 Å². The summed E-state index contributed by atoms with van der Waals surface area (Å²) in [5.74, 6) is 0.821. The molecule has 26 heavy (non-hydrogen) atoms. The van der Waals surface area contributed by atoms with Gasteiger partial charge < -0.3 is 14.6 Å². The van der Waals surface area contributed by atoms with E-state index in [4.69, 9.17) is 4.74 Å². The molecule has 0 saturated carbocycles. The number of nitrogens with zero attached hydrogens (tertiary/aromatic N) is 3. The lowest BCUT2D eigenvalue weighted by Crippen LogP contribution is -2.24. The lowest BCUT2D eigenvalue weighted by Gasteiger charge is -2.17. The molecule has 1 aromatic carbocycles. The van der Waals surface area contributed by atoms with Crippen LogP contribution in [0, 0.1) is 20.8 Å². The molecular weight excluding hydrogens is 348 g/mol. The van der Waals surface area contributed by atoms with Gasteiger partial charge in [-0.3, -0.25) is 4.79 Å². The molecule has 2 aromatic rings. The molecule has 1 N–H and O–H groups in total. The average Bonchev–Trinajstić information content (AvgIpc) is 3.23. The highest BCUT2D eigenvalue weighted by Crippen LogP contribution is 2.26. The normalized spacial score (nSPS) is 18.1. The van der Waals surface area contributed by atoms with E-state index in [0.717, 1.165) is 53.8 Å². The topological polar surface area (TPSA) is 69.0 Å². The number of para-hydroxylation sites is 1. The van der Waals surface area contributed by atoms with Crippen LogP contribution in [0.4, 0.5) is 5.69 Å². The van der Waals surface area contributed by atoms with E-state index < -0.39 is 0 Å². The second kappa shape index (κ2) is 8.22. The van der Waals surface area contributed by atoms with Crippen LogP contribution in [0.15, 0.2) is 23.4 Å². The Bertz CT molecular complexity index is 764. The van der Waals surface area contributed by atoms with Crippen LogP contribution in [-0.2, 0) is 16.1 Å². The number of nitrogens with one attached hydrogen (secondary N) is 1. The molecule has 1 fully saturated rings. The number of rotatable bonds is 6. The van der Waals surface area contributed by atoms with Crippen LogP contribution >= 0.6 is 11.8 Å². The van der Waals surface area contributed by atoms with Crippen molar-refractivity contribution in [2.75, 3.05) is 11.9 Å². The predicted octanol–water partition coefficient (Wildman–Crippen LogP) is 3.50. The number of aromatic nitrogens is 3. The van der Waals surface area contributed by atoms with Crippen LogP contribution in [0.25, 0.3) is 0 Å². The second-order valence-corrected chi connectivity index (χ2v) is 8.10. The minimum absolute atomic E-state index is 0.0308. The van der Waals surface area contributed by atoms with Gasteiger partial charge in [-0.25, -0.2) is 0 Å². The van der Waals surface area contributed by atoms with Crippen LogP contribution < -0.4 is 5.32 Å². The van der Waals surface area contributed by atoms with Gasteiger partial charge in [-0.15, -0.1) is 10.2 Å². The quantitative estimate of drug-likeness (QED) is 0.784. The van der Waals surface area contributed by atoms with E-state index in [1.165, 1.54) is 11.8 Å². The third-order valence-corrected chi connectivity index (χ3v) is 5.77. The minimum atomic E-state index is -0.277. The molecule has 0 aliphatic carbocycles. The zero-order valence-corrected chi connectivity index (χ0v) is 16.6. The number of hydrogen-bond acceptors (Lipinski definition) is 5. The van der Waals surface area contributed by atoms with Crippen LogP contribution in [0.2, 0.25) is 0 Å². The summed E-state index contributed by atoms with van der Waals surface area (Å²) in [4.78, 5) is 12.7. The van der Waals surface area contributed by atoms with Crippen molar-refractivity contribution in [2.45, 2.75) is 63.6 Å². The largest absolute Gasteiger partial charge is 0.376 e. The molecule has 0 radical (unpaired) electrons. The van der Waals surface area contributed by atoms with Gasteiger partial charge >= 0.3 is 0 Å². The Morgan fingerprint density at radius 1 is 1.35 bits per heavy atom. The number of aryl methyl sites for hydroxylation is 3. The number of amides is 1. The highest BCUT2D eigenvalue weighted by atomic mass is 32.2. The van der Waals surface area contributed by atoms with E-state index in [9.17, 15) is 4.79 Å². The summed E-state index contributed by atoms with van der Waals surface area (Å²) >= 11 is 1.44. The number of carbonyl (C=O) groups is 1. The number of ether oxygens (including phenoxy) is 1. The van der Waals surface area contributed by atoms with Crippen LogP contribution in [0.5, 0.6) is 0 Å². The second-order valence-electron chi connectivity index (χ2n) is 6.79. The molecule has 1 amide bonds. The summed E-state index contributed by atoms with van der Waals surface area (Å²) in [7, 11) is 0. The van der Waals surface area contributed by atoms with E-state index in [2.05, 4.69) is 20.1 Å². The van der Waals surface area contributed by atoms with Gasteiger partial charge in [0.2, 0.25) is 5.91 Å². The minimum Gasteiger partial charge on any atom is -0.376 e. The fourth-order valence-electron chi connectivity index (χ4n) is 3.10. The molecular formula is C19H26N4O2S. The Kier molecular flexibility index (Phi) is 5.98. The van der Waals surface area contributed by atoms with Crippen molar-refractivity contribution in [2.24, 2.45) is 0 Å². The van der Waals surface area contributed by atoms with Gasteiger partial charge in [0, 0.05) is 12.3 Å². The first-order valence-electron chi connectivity index (χ1n) is 9.01. The van der Waals surface area contributed by atoms with Gasteiger partial charge in [0.25, 0.3) is 0 Å². The molecule has 1 aromatic heterocycles. The third kappa shape index (κ3) is 4.27. The molecule has 7 heteroatoms. The highest BCUT2D eigenvalue weighted by molar-refractivity contribution is 8.00. The molecule has 1 saturated heterocycles. The standard InChI is InChI=1S/C19H26N4O2S/c1-12-7-5-8-13(2)17(12)20-18(24)14(3)26-19-22-21-15(4)23(19)11-16-9-6-10-25-16/h5,7-8,14,16H,6,9-11H2,1-4H3,(H,20,24)/t14-,16-/m0/s1. The number of hydrogen-bond donors (Lipinski definition) is 1. The van der Waals surface area contributed by atoms with Gasteiger partial charge in [0.1, 0.15) is 5.82 Å². The van der Waals surface area contributed by atoms with Gasteiger partial charge in [-0.05, 0) is 51.7 Å². The fraction of sp³-hybridized carbons (Fsp3) is 0.526. The average molecular weight is 375 g/mol. The van der Waals surface area contributed by atoms with Crippen molar-refractivity contribution < 1.29 is 9.53 Å². The zero-order valence-electron chi connectivity index (χ0n) is 15.8. The number of thioether (sulfide) groups is 1. The molecule has 0 bridgehead atoms. The van der Waals surface area contributed by atoms with E-state index >= 15 is 0 Å². The van der Waals surface area contributed by atoms with Crippen molar-refractivity contribution in [1.82, 2.24) is 14.8 Å². The maximum Gasteiger partial charge on any atom is 0.237 e. The predicted molar refractivity (Wildman–Crippen MR) is 104 cm³/mol. The van der Waals surface area contributed by atoms with E-state index in [1.807, 2.05) is 45.9 Å². The lowest BCUT2D eigenvalue weighted by atomic mass is 10.1. The van der Waals surface area contributed by atoms with Crippen molar-refractivity contribution in [3.8, 4) is 0 Å². The van der Waals surface area contributed by atoms with Crippen LogP contribution in [-0.4, -0.2) is 38.6 Å². The summed E-state index contributed by atoms with van der Waals surface area (Å²) in [5.41, 5.74) is 3.02. The first-order chi connectivity index (χ1) is 12.5. The summed E-state index contributed by atoms with van der Waals surface area (Å²) in [6, 6.07) is 6.00. The molecule has 1 aliphatic rings. The Hall–Kier alpha value is -1.86. The Labute approximate surface area is 158 Å². The molecule has 0 spiro atoms. The van der Waals surface area contributed by atoms with Crippen LogP contribution in [0.3, 0.4) is 0 Å². The van der Waals surface area contributed by atoms with E-state index in [0.29, 0.717) is 0 Å². The summed E-state index contributed by atoms with van der Waals surface area (Å²) in [6.07, 6.45) is 2.37. The number of anilines is 1. The third-order valence-electron chi connectivity index (χ3n) is 4.69. The SMILES string of the molecule is Cc1cccc(C)c1NC(=O)[C@H](C)Sc1nnc(C)n1C[C@@H]1CCCO1. The summed E-state index contributed by atoms with van der Waals surface area (Å²) < 4.78 is 7.79. The smallest absolute Gasteiger partial charge is 0.237 e. The van der Waals surface area contributed by atoms with Crippen LogP contribution in [0.1, 0.15) is 36.7 Å². The van der Waals surface area contributed by atoms with Gasteiger partial charge in [0.15, 0.2) is 5.16 Å². The molecule has 2 heterocycles. The lowest BCUT2D eigenvalue weighted by molar-refractivity contribution is -0.115. The van der Waals surface area contributed by atoms with Crippen molar-refractivity contribution in [3.63, 3.8) is 0 Å². The first kappa shape index (κ1) is 18.9. The summed E-state index contributed by atoms with van der Waals surface area (Å²) in [5, 5.41) is 12.0. The Morgan fingerprint density at radius 3 is 2.73 bits per heavy atom. The van der Waals surface area contributed by atoms with E-state index in [1.54, 1.807) is 0 Å². The molecule has 0 unspecified atom stereocenters. The molecule has 3 rings (SSSR count). The fourth-order valence-corrected chi connectivity index (χ4v) is 4.00. The monoisotopic (exact) mass is 374 g/mol. The molecule has 6 nitrogen and oxygen atoms in total. The first-order valence-corrected chi connectivity index (χ1v) is 9.89. The van der Waals surface area contributed by atoms with Gasteiger partial charge in [0.05, 0.1) is 17.9 Å². The van der Waals surface area contributed by atoms with Gasteiger partial charge in [-0.2, -0.15) is 0 Å². The Morgan fingerprint density at radius 2 is 2.08 bits per heavy atom. The Balaban J connectivity index is 1.67. The molecule has 2 atom stereocenters. The highest BCUT2D eigenvalue weighted by Gasteiger charge is 2.23. The summed E-state index contributed by atoms with van der Waals surface area (Å²) in [6.45, 7) is 9.40. The van der Waals surface area contributed by atoms with E-state index in [-0.39, 0.29) is 17.3 Å². The van der Waals surface area contributed by atoms with Crippen molar-refractivity contribution >= 4 is 23.4 Å². The van der Waals surface area contributed by atoms with Gasteiger partial charge in [-0.1, -0.05) is 30.0 Å². The molecule has 1 aliphatic heterocycles. The molecule has 140 valence electrons. The number of carbonyl (C=O) groups excluding carboxylic acids is 1.